The molecule has 0 spiro atoms. The van der Waals surface area contributed by atoms with Crippen LogP contribution in [0.15, 0.2) is 58.4 Å². The molecule has 1 aliphatic rings. The molecule has 35 heavy (non-hydrogen) atoms. The Bertz CT molecular complexity index is 1410. The fourth-order valence-electron chi connectivity index (χ4n) is 5.33. The molecule has 0 radical (unpaired) electrons. The molecule has 180 valence electrons. The second kappa shape index (κ2) is 10.2. The standard InChI is InChI=1S/C29H30N2O3S/c1-3-31-27-12-9-21(26(30-34-19(2)32)11-8-20-6-4-5-7-20)16-24(27)25-17-22(10-13-28(25)31)29(33)23-14-15-35-18-23/h9-10,12-18,20H,3-8,11H2,1-2H3/b30-26-. The second-order valence-electron chi connectivity index (χ2n) is 9.36. The number of ketones is 1. The Kier molecular flexibility index (Phi) is 6.82. The Morgan fingerprint density at radius 3 is 2.31 bits per heavy atom. The number of oxime groups is 1. The monoisotopic (exact) mass is 486 g/mol. The molecular weight excluding hydrogens is 456 g/mol. The third-order valence-corrected chi connectivity index (χ3v) is 7.79. The van der Waals surface area contributed by atoms with E-state index < -0.39 is 5.97 Å². The number of carbonyl (C=O) groups is 2. The van der Waals surface area contributed by atoms with E-state index in [9.17, 15) is 9.59 Å². The summed E-state index contributed by atoms with van der Waals surface area (Å²) in [6, 6.07) is 14.2. The van der Waals surface area contributed by atoms with Gasteiger partial charge in [0.15, 0.2) is 5.78 Å². The fraction of sp³-hybridized carbons (Fsp3) is 0.345. The SMILES string of the molecule is CCn1c2ccc(C(=O)c3ccsc3)cc2c2cc(/C(CCC3CCCC3)=N\OC(C)=O)ccc21. The van der Waals surface area contributed by atoms with Gasteiger partial charge in [-0.2, -0.15) is 11.3 Å². The van der Waals surface area contributed by atoms with Crippen molar-refractivity contribution in [2.45, 2.75) is 58.9 Å². The minimum absolute atomic E-state index is 0.0374. The molecule has 4 aromatic rings. The zero-order valence-electron chi connectivity index (χ0n) is 20.3. The van der Waals surface area contributed by atoms with E-state index >= 15 is 0 Å². The summed E-state index contributed by atoms with van der Waals surface area (Å²) in [6.07, 6.45) is 6.97. The Labute approximate surface area is 209 Å². The number of nitrogens with zero attached hydrogens (tertiary/aromatic N) is 2. The smallest absolute Gasteiger partial charge is 0.331 e. The van der Waals surface area contributed by atoms with Gasteiger partial charge in [0, 0.05) is 57.3 Å². The summed E-state index contributed by atoms with van der Waals surface area (Å²) >= 11 is 1.53. The van der Waals surface area contributed by atoms with Crippen molar-refractivity contribution in [3.05, 3.63) is 69.9 Å². The van der Waals surface area contributed by atoms with Crippen LogP contribution >= 0.6 is 11.3 Å². The van der Waals surface area contributed by atoms with Crippen LogP contribution in [0.3, 0.4) is 0 Å². The van der Waals surface area contributed by atoms with Gasteiger partial charge in [-0.15, -0.1) is 0 Å². The quantitative estimate of drug-likeness (QED) is 0.113. The lowest BCUT2D eigenvalue weighted by Gasteiger charge is -2.11. The number of fused-ring (bicyclic) bond motifs is 3. The highest BCUT2D eigenvalue weighted by Gasteiger charge is 2.19. The number of aryl methyl sites for hydroxylation is 1. The van der Waals surface area contributed by atoms with E-state index in [1.54, 1.807) is 0 Å². The lowest BCUT2D eigenvalue weighted by Crippen LogP contribution is -2.07. The molecule has 5 nitrogen and oxygen atoms in total. The van der Waals surface area contributed by atoms with Crippen molar-refractivity contribution in [3.63, 3.8) is 0 Å². The Hall–Kier alpha value is -3.25. The molecule has 5 rings (SSSR count). The van der Waals surface area contributed by atoms with Gasteiger partial charge in [0.25, 0.3) is 0 Å². The number of thiophene rings is 1. The maximum Gasteiger partial charge on any atom is 0.331 e. The summed E-state index contributed by atoms with van der Waals surface area (Å²) in [7, 11) is 0. The normalized spacial score (nSPS) is 14.7. The van der Waals surface area contributed by atoms with Gasteiger partial charge < -0.3 is 9.40 Å². The summed E-state index contributed by atoms with van der Waals surface area (Å²) in [5, 5.41) is 10.2. The van der Waals surface area contributed by atoms with Gasteiger partial charge in [0.2, 0.25) is 0 Å². The zero-order chi connectivity index (χ0) is 24.4. The first-order valence-corrected chi connectivity index (χ1v) is 13.4. The van der Waals surface area contributed by atoms with Crippen molar-refractivity contribution < 1.29 is 14.4 Å². The molecule has 2 aromatic carbocycles. The van der Waals surface area contributed by atoms with Gasteiger partial charge in [-0.25, -0.2) is 4.79 Å². The molecule has 2 heterocycles. The van der Waals surface area contributed by atoms with E-state index in [-0.39, 0.29) is 5.78 Å². The number of hydrogen-bond donors (Lipinski definition) is 0. The van der Waals surface area contributed by atoms with Crippen LogP contribution in [-0.4, -0.2) is 22.0 Å². The van der Waals surface area contributed by atoms with Crippen LogP contribution in [0.1, 0.15) is 73.9 Å². The number of aromatic nitrogens is 1. The largest absolute Gasteiger partial charge is 0.341 e. The maximum atomic E-state index is 13.0. The Morgan fingerprint density at radius 2 is 1.69 bits per heavy atom. The summed E-state index contributed by atoms with van der Waals surface area (Å²) in [5.74, 6) is 0.341. The average Bonchev–Trinajstić information content (AvgIpc) is 3.63. The lowest BCUT2D eigenvalue weighted by molar-refractivity contribution is -0.140. The molecule has 0 atom stereocenters. The molecule has 0 saturated heterocycles. The summed E-state index contributed by atoms with van der Waals surface area (Å²) in [5.41, 5.74) is 5.39. The molecule has 0 bridgehead atoms. The molecular formula is C29H30N2O3S. The lowest BCUT2D eigenvalue weighted by atomic mass is 9.96. The van der Waals surface area contributed by atoms with Crippen LogP contribution in [0.25, 0.3) is 21.8 Å². The van der Waals surface area contributed by atoms with E-state index in [1.807, 2.05) is 35.0 Å². The molecule has 0 aliphatic heterocycles. The highest BCUT2D eigenvalue weighted by atomic mass is 32.1. The first-order chi connectivity index (χ1) is 17.0. The molecule has 1 aliphatic carbocycles. The molecule has 1 fully saturated rings. The van der Waals surface area contributed by atoms with Crippen LogP contribution in [0.4, 0.5) is 0 Å². The second-order valence-corrected chi connectivity index (χ2v) is 10.1. The van der Waals surface area contributed by atoms with Gasteiger partial charge in [-0.1, -0.05) is 36.9 Å². The topological polar surface area (TPSA) is 60.7 Å². The predicted molar refractivity (Wildman–Crippen MR) is 142 cm³/mol. The van der Waals surface area contributed by atoms with Crippen molar-refractivity contribution in [3.8, 4) is 0 Å². The number of rotatable bonds is 8. The summed E-state index contributed by atoms with van der Waals surface area (Å²) in [4.78, 5) is 29.6. The minimum Gasteiger partial charge on any atom is -0.341 e. The molecule has 0 N–H and O–H groups in total. The van der Waals surface area contributed by atoms with Crippen LogP contribution < -0.4 is 0 Å². The average molecular weight is 487 g/mol. The van der Waals surface area contributed by atoms with E-state index in [1.165, 1.54) is 43.9 Å². The maximum absolute atomic E-state index is 13.0. The van der Waals surface area contributed by atoms with Crippen LogP contribution in [0.2, 0.25) is 0 Å². The molecule has 2 aromatic heterocycles. The first-order valence-electron chi connectivity index (χ1n) is 12.4. The molecule has 6 heteroatoms. The summed E-state index contributed by atoms with van der Waals surface area (Å²) < 4.78 is 2.27. The van der Waals surface area contributed by atoms with Gasteiger partial charge >= 0.3 is 5.97 Å². The van der Waals surface area contributed by atoms with E-state index in [0.717, 1.165) is 58.0 Å². The van der Waals surface area contributed by atoms with Crippen molar-refractivity contribution in [2.24, 2.45) is 11.1 Å². The predicted octanol–water partition coefficient (Wildman–Crippen LogP) is 7.34. The van der Waals surface area contributed by atoms with Crippen molar-refractivity contribution in [1.82, 2.24) is 4.57 Å². The van der Waals surface area contributed by atoms with Crippen molar-refractivity contribution in [1.29, 1.82) is 0 Å². The molecule has 0 amide bonds. The number of benzene rings is 2. The molecule has 0 unspecified atom stereocenters. The zero-order valence-corrected chi connectivity index (χ0v) is 21.1. The Balaban J connectivity index is 1.58. The molecule has 1 saturated carbocycles. The van der Waals surface area contributed by atoms with Gasteiger partial charge in [-0.3, -0.25) is 4.79 Å². The van der Waals surface area contributed by atoms with Gasteiger partial charge in [-0.05, 0) is 67.5 Å². The van der Waals surface area contributed by atoms with Crippen molar-refractivity contribution in [2.75, 3.05) is 0 Å². The highest BCUT2D eigenvalue weighted by Crippen LogP contribution is 2.33. The number of hydrogen-bond acceptors (Lipinski definition) is 5. The third kappa shape index (κ3) is 4.80. The van der Waals surface area contributed by atoms with E-state index in [2.05, 4.69) is 34.8 Å². The fourth-order valence-corrected chi connectivity index (χ4v) is 5.96. The van der Waals surface area contributed by atoms with Crippen molar-refractivity contribution >= 4 is 50.6 Å². The highest BCUT2D eigenvalue weighted by molar-refractivity contribution is 7.08. The van der Waals surface area contributed by atoms with Crippen LogP contribution in [0, 0.1) is 5.92 Å². The first kappa shape index (κ1) is 23.5. The van der Waals surface area contributed by atoms with Gasteiger partial charge in [0.05, 0.1) is 5.71 Å². The van der Waals surface area contributed by atoms with Crippen LogP contribution in [0.5, 0.6) is 0 Å². The summed E-state index contributed by atoms with van der Waals surface area (Å²) in [6.45, 7) is 4.34. The third-order valence-electron chi connectivity index (χ3n) is 7.11. The van der Waals surface area contributed by atoms with E-state index in [4.69, 9.17) is 4.84 Å². The minimum atomic E-state index is -0.413. The van der Waals surface area contributed by atoms with E-state index in [0.29, 0.717) is 11.5 Å². The van der Waals surface area contributed by atoms with Crippen LogP contribution in [-0.2, 0) is 16.2 Å². The Morgan fingerprint density at radius 1 is 1.00 bits per heavy atom. The van der Waals surface area contributed by atoms with Gasteiger partial charge in [0.1, 0.15) is 0 Å². The number of carbonyl (C=O) groups excluding carboxylic acids is 2.